The molecule has 0 saturated heterocycles. The Morgan fingerprint density at radius 1 is 0.923 bits per heavy atom. The molecule has 3 nitrogen and oxygen atoms in total. The fourth-order valence-electron chi connectivity index (χ4n) is 1.03. The van der Waals surface area contributed by atoms with Crippen molar-refractivity contribution in [3.63, 3.8) is 0 Å². The second-order valence-electron chi connectivity index (χ2n) is 3.07. The molecule has 0 unspecified atom stereocenters. The predicted molar refractivity (Wildman–Crippen MR) is 57.1 cm³/mol. The van der Waals surface area contributed by atoms with Crippen molar-refractivity contribution in [2.75, 3.05) is 39.4 Å². The van der Waals surface area contributed by atoms with Gasteiger partial charge in [0, 0.05) is 13.2 Å². The van der Waals surface area contributed by atoms with Gasteiger partial charge in [-0.3, -0.25) is 0 Å². The highest BCUT2D eigenvalue weighted by atomic mass is 16.5. The van der Waals surface area contributed by atoms with Gasteiger partial charge in [-0.15, -0.1) is 0 Å². The molecule has 0 atom stereocenters. The molecule has 13 heavy (non-hydrogen) atoms. The number of hydrogen-bond donors (Lipinski definition) is 2. The Bertz CT molecular complexity index is 79.0. The number of hydrogen-bond acceptors (Lipinski definition) is 3. The summed E-state index contributed by atoms with van der Waals surface area (Å²) in [6, 6.07) is 0. The molecular formula is C10H24N2O. The second kappa shape index (κ2) is 11.9. The monoisotopic (exact) mass is 188 g/mol. The topological polar surface area (TPSA) is 33.3 Å². The Balaban J connectivity index is 2.76. The zero-order valence-corrected chi connectivity index (χ0v) is 9.07. The molecule has 0 aliphatic carbocycles. The van der Waals surface area contributed by atoms with Gasteiger partial charge in [-0.05, 0) is 32.5 Å². The quantitative estimate of drug-likeness (QED) is 0.502. The van der Waals surface area contributed by atoms with Gasteiger partial charge in [-0.2, -0.15) is 0 Å². The molecule has 0 heterocycles. The summed E-state index contributed by atoms with van der Waals surface area (Å²) in [6.45, 7) is 10.2. The van der Waals surface area contributed by atoms with E-state index in [9.17, 15) is 0 Å². The van der Waals surface area contributed by atoms with Crippen LogP contribution in [-0.4, -0.2) is 39.4 Å². The molecule has 0 fully saturated rings. The summed E-state index contributed by atoms with van der Waals surface area (Å²) in [7, 11) is 0. The maximum atomic E-state index is 5.33. The van der Waals surface area contributed by atoms with Crippen molar-refractivity contribution >= 4 is 0 Å². The van der Waals surface area contributed by atoms with E-state index in [0.717, 1.165) is 45.8 Å². The van der Waals surface area contributed by atoms with Crippen LogP contribution in [0.15, 0.2) is 0 Å². The summed E-state index contributed by atoms with van der Waals surface area (Å²) in [4.78, 5) is 0. The molecular weight excluding hydrogens is 164 g/mol. The molecule has 0 aliphatic heterocycles. The van der Waals surface area contributed by atoms with Crippen LogP contribution in [0, 0.1) is 0 Å². The smallest absolute Gasteiger partial charge is 0.0590 e. The fourth-order valence-corrected chi connectivity index (χ4v) is 1.03. The summed E-state index contributed by atoms with van der Waals surface area (Å²) < 4.78 is 5.33. The van der Waals surface area contributed by atoms with Gasteiger partial charge >= 0.3 is 0 Å². The molecule has 0 amide bonds. The Kier molecular flexibility index (Phi) is 11.8. The van der Waals surface area contributed by atoms with Gasteiger partial charge in [0.2, 0.25) is 0 Å². The lowest BCUT2D eigenvalue weighted by Crippen LogP contribution is -2.24. The maximum Gasteiger partial charge on any atom is 0.0590 e. The first-order valence-electron chi connectivity index (χ1n) is 5.41. The third-order valence-corrected chi connectivity index (χ3v) is 1.73. The van der Waals surface area contributed by atoms with Gasteiger partial charge < -0.3 is 15.4 Å². The second-order valence-corrected chi connectivity index (χ2v) is 3.07. The average Bonchev–Trinajstić information content (AvgIpc) is 2.16. The summed E-state index contributed by atoms with van der Waals surface area (Å²) >= 11 is 0. The van der Waals surface area contributed by atoms with E-state index in [1.54, 1.807) is 0 Å². The third kappa shape index (κ3) is 11.9. The van der Waals surface area contributed by atoms with Crippen LogP contribution in [0.3, 0.4) is 0 Å². The minimum atomic E-state index is 0.842. The number of nitrogens with one attached hydrogen (secondary N) is 2. The molecule has 0 rings (SSSR count). The van der Waals surface area contributed by atoms with E-state index in [0.29, 0.717) is 0 Å². The van der Waals surface area contributed by atoms with Crippen LogP contribution < -0.4 is 10.6 Å². The first-order chi connectivity index (χ1) is 6.41. The summed E-state index contributed by atoms with van der Waals surface area (Å²) in [5.74, 6) is 0. The first-order valence-corrected chi connectivity index (χ1v) is 5.41. The van der Waals surface area contributed by atoms with E-state index in [1.165, 1.54) is 6.42 Å². The van der Waals surface area contributed by atoms with Crippen molar-refractivity contribution in [3.8, 4) is 0 Å². The molecule has 0 aromatic carbocycles. The fraction of sp³-hybridized carbons (Fsp3) is 1.00. The van der Waals surface area contributed by atoms with Gasteiger partial charge in [-0.1, -0.05) is 13.8 Å². The zero-order valence-electron chi connectivity index (χ0n) is 9.07. The first kappa shape index (κ1) is 12.9. The molecule has 2 N–H and O–H groups in total. The number of rotatable bonds is 10. The van der Waals surface area contributed by atoms with E-state index >= 15 is 0 Å². The molecule has 0 saturated carbocycles. The zero-order chi connectivity index (χ0) is 9.78. The molecule has 0 aromatic heterocycles. The van der Waals surface area contributed by atoms with Crippen molar-refractivity contribution in [1.82, 2.24) is 10.6 Å². The van der Waals surface area contributed by atoms with Gasteiger partial charge in [0.15, 0.2) is 0 Å². The van der Waals surface area contributed by atoms with Crippen LogP contribution in [0.2, 0.25) is 0 Å². The van der Waals surface area contributed by atoms with E-state index in [-0.39, 0.29) is 0 Å². The SMILES string of the molecule is CCCOCCNCCCNCC. The summed E-state index contributed by atoms with van der Waals surface area (Å²) in [6.07, 6.45) is 2.31. The lowest BCUT2D eigenvalue weighted by Gasteiger charge is -2.05. The van der Waals surface area contributed by atoms with E-state index in [2.05, 4.69) is 24.5 Å². The van der Waals surface area contributed by atoms with Crippen LogP contribution in [0.1, 0.15) is 26.7 Å². The van der Waals surface area contributed by atoms with Crippen LogP contribution in [0.5, 0.6) is 0 Å². The normalized spacial score (nSPS) is 10.6. The third-order valence-electron chi connectivity index (χ3n) is 1.73. The van der Waals surface area contributed by atoms with Crippen LogP contribution >= 0.6 is 0 Å². The molecule has 0 radical (unpaired) electrons. The minimum Gasteiger partial charge on any atom is -0.380 e. The van der Waals surface area contributed by atoms with Crippen LogP contribution in [0.25, 0.3) is 0 Å². The van der Waals surface area contributed by atoms with Gasteiger partial charge in [0.1, 0.15) is 0 Å². The van der Waals surface area contributed by atoms with E-state index in [4.69, 9.17) is 4.74 Å². The van der Waals surface area contributed by atoms with Crippen molar-refractivity contribution < 1.29 is 4.74 Å². The Labute approximate surface area is 82.2 Å². The lowest BCUT2D eigenvalue weighted by atomic mass is 10.4. The van der Waals surface area contributed by atoms with E-state index < -0.39 is 0 Å². The number of ether oxygens (including phenoxy) is 1. The molecule has 3 heteroatoms. The van der Waals surface area contributed by atoms with Gasteiger partial charge in [0.05, 0.1) is 6.61 Å². The van der Waals surface area contributed by atoms with Crippen molar-refractivity contribution in [1.29, 1.82) is 0 Å². The Hall–Kier alpha value is -0.120. The Morgan fingerprint density at radius 3 is 2.38 bits per heavy atom. The van der Waals surface area contributed by atoms with Crippen LogP contribution in [-0.2, 0) is 4.74 Å². The highest BCUT2D eigenvalue weighted by Crippen LogP contribution is 1.78. The summed E-state index contributed by atoms with van der Waals surface area (Å²) in [5, 5.41) is 6.63. The Morgan fingerprint density at radius 2 is 1.69 bits per heavy atom. The van der Waals surface area contributed by atoms with Crippen molar-refractivity contribution in [2.45, 2.75) is 26.7 Å². The van der Waals surface area contributed by atoms with Gasteiger partial charge in [-0.25, -0.2) is 0 Å². The minimum absolute atomic E-state index is 0.842. The maximum absolute atomic E-state index is 5.33. The molecule has 0 aliphatic rings. The molecule has 0 bridgehead atoms. The molecule has 80 valence electrons. The van der Waals surface area contributed by atoms with Crippen molar-refractivity contribution in [2.24, 2.45) is 0 Å². The predicted octanol–water partition coefficient (Wildman–Crippen LogP) is 1.00. The molecule has 0 spiro atoms. The standard InChI is InChI=1S/C10H24N2O/c1-3-9-13-10-8-12-7-5-6-11-4-2/h11-12H,3-10H2,1-2H3. The molecule has 0 aromatic rings. The van der Waals surface area contributed by atoms with Gasteiger partial charge in [0.25, 0.3) is 0 Å². The highest BCUT2D eigenvalue weighted by molar-refractivity contribution is 4.49. The lowest BCUT2D eigenvalue weighted by molar-refractivity contribution is 0.136. The highest BCUT2D eigenvalue weighted by Gasteiger charge is 1.88. The van der Waals surface area contributed by atoms with Crippen LogP contribution in [0.4, 0.5) is 0 Å². The van der Waals surface area contributed by atoms with E-state index in [1.807, 2.05) is 0 Å². The summed E-state index contributed by atoms with van der Waals surface area (Å²) in [5.41, 5.74) is 0. The average molecular weight is 188 g/mol. The largest absolute Gasteiger partial charge is 0.380 e. The van der Waals surface area contributed by atoms with Crippen molar-refractivity contribution in [3.05, 3.63) is 0 Å².